The van der Waals surface area contributed by atoms with E-state index in [2.05, 4.69) is 35.8 Å². The van der Waals surface area contributed by atoms with E-state index in [0.29, 0.717) is 58.4 Å². The van der Waals surface area contributed by atoms with Gasteiger partial charge in [0, 0.05) is 36.4 Å². The molecule has 0 radical (unpaired) electrons. The molecule has 3 aromatic heterocycles. The molecule has 2 amide bonds. The molecule has 2 N–H and O–H groups in total. The van der Waals surface area contributed by atoms with Crippen molar-refractivity contribution in [1.82, 2.24) is 40.1 Å². The lowest BCUT2D eigenvalue weighted by Crippen LogP contribution is -2.39. The summed E-state index contributed by atoms with van der Waals surface area (Å²) in [6.45, 7) is 1.39. The van der Waals surface area contributed by atoms with Crippen molar-refractivity contribution in [3.05, 3.63) is 70.2 Å². The van der Waals surface area contributed by atoms with Crippen molar-refractivity contribution in [3.63, 3.8) is 0 Å². The highest BCUT2D eigenvalue weighted by Gasteiger charge is 2.42. The van der Waals surface area contributed by atoms with Crippen LogP contribution in [0.15, 0.2) is 43.0 Å². The highest BCUT2D eigenvalue weighted by atomic mass is 35.5. The number of aromatic amines is 1. The monoisotopic (exact) mass is 567 g/mol. The highest BCUT2D eigenvalue weighted by molar-refractivity contribution is 6.33. The number of hydrogen-bond acceptors (Lipinski definition) is 7. The molecule has 4 aromatic rings. The molecule has 0 spiro atoms. The number of nitrogens with zero attached hydrogens (tertiary/aromatic N) is 7. The van der Waals surface area contributed by atoms with Gasteiger partial charge in [0.2, 0.25) is 11.8 Å². The summed E-state index contributed by atoms with van der Waals surface area (Å²) in [6, 6.07) is 4.25. The van der Waals surface area contributed by atoms with Gasteiger partial charge in [0.1, 0.15) is 18.0 Å². The SMILES string of the molecule is CC(=O)Nc1cc(-c2cnc([C@@H]3CCC4CC(c5c(-n6cnnn6)ccc(Cl)c5F)=CC(=O)N43)[nH]2)c(Cl)cn1. The lowest BCUT2D eigenvalue weighted by atomic mass is 9.92. The Hall–Kier alpha value is -4.16. The molecule has 0 bridgehead atoms. The number of H-pyrrole nitrogens is 1. The fourth-order valence-electron chi connectivity index (χ4n) is 5.24. The van der Waals surface area contributed by atoms with Crippen LogP contribution in [0.25, 0.3) is 22.5 Å². The zero-order valence-corrected chi connectivity index (χ0v) is 21.9. The minimum absolute atomic E-state index is 0.0542. The topological polar surface area (TPSA) is 135 Å². The first kappa shape index (κ1) is 25.1. The minimum atomic E-state index is -0.629. The molecule has 6 rings (SSSR count). The number of halogens is 3. The predicted octanol–water partition coefficient (Wildman–Crippen LogP) is 4.37. The van der Waals surface area contributed by atoms with E-state index in [4.69, 9.17) is 23.2 Å². The maximum atomic E-state index is 15.3. The van der Waals surface area contributed by atoms with Crippen molar-refractivity contribution in [2.75, 3.05) is 5.32 Å². The first-order valence-electron chi connectivity index (χ1n) is 12.0. The molecule has 198 valence electrons. The molecule has 5 heterocycles. The van der Waals surface area contributed by atoms with Crippen molar-refractivity contribution in [3.8, 4) is 16.9 Å². The van der Waals surface area contributed by atoms with E-state index in [0.717, 1.165) is 0 Å². The Bertz CT molecular complexity index is 1640. The highest BCUT2D eigenvalue weighted by Crippen LogP contribution is 2.44. The number of fused-ring (bicyclic) bond motifs is 1. The molecular formula is C25H20Cl2FN9O2. The van der Waals surface area contributed by atoms with Gasteiger partial charge < -0.3 is 15.2 Å². The van der Waals surface area contributed by atoms with Crippen LogP contribution in [0.2, 0.25) is 10.0 Å². The molecule has 39 heavy (non-hydrogen) atoms. The average Bonchev–Trinajstić information content (AvgIpc) is 3.67. The third-order valence-electron chi connectivity index (χ3n) is 6.86. The molecule has 14 heteroatoms. The maximum Gasteiger partial charge on any atom is 0.247 e. The average molecular weight is 568 g/mol. The van der Waals surface area contributed by atoms with Crippen LogP contribution >= 0.6 is 23.2 Å². The Balaban J connectivity index is 1.31. The fourth-order valence-corrected chi connectivity index (χ4v) is 5.60. The molecule has 0 aliphatic carbocycles. The van der Waals surface area contributed by atoms with Gasteiger partial charge in [-0.1, -0.05) is 23.2 Å². The van der Waals surface area contributed by atoms with Gasteiger partial charge in [-0.2, -0.15) is 4.68 Å². The second-order valence-electron chi connectivity index (χ2n) is 9.29. The van der Waals surface area contributed by atoms with Crippen LogP contribution < -0.4 is 5.32 Å². The Kier molecular flexibility index (Phi) is 6.35. The summed E-state index contributed by atoms with van der Waals surface area (Å²) >= 11 is 12.5. The van der Waals surface area contributed by atoms with Crippen molar-refractivity contribution >= 4 is 46.4 Å². The van der Waals surface area contributed by atoms with Gasteiger partial charge >= 0.3 is 0 Å². The normalized spacial score (nSPS) is 18.7. The first-order chi connectivity index (χ1) is 18.8. The second kappa shape index (κ2) is 9.86. The number of anilines is 1. The van der Waals surface area contributed by atoms with E-state index in [9.17, 15) is 9.59 Å². The van der Waals surface area contributed by atoms with Gasteiger partial charge in [-0.3, -0.25) is 9.59 Å². The van der Waals surface area contributed by atoms with Crippen molar-refractivity contribution in [2.24, 2.45) is 0 Å². The minimum Gasteiger partial charge on any atom is -0.340 e. The number of aromatic nitrogens is 7. The molecular weight excluding hydrogens is 548 g/mol. The third-order valence-corrected chi connectivity index (χ3v) is 7.45. The smallest absolute Gasteiger partial charge is 0.247 e. The largest absolute Gasteiger partial charge is 0.340 e. The molecule has 2 aliphatic heterocycles. The lowest BCUT2D eigenvalue weighted by Gasteiger charge is -2.33. The van der Waals surface area contributed by atoms with E-state index in [1.54, 1.807) is 23.2 Å². The number of hydrogen-bond donors (Lipinski definition) is 2. The number of tetrazole rings is 1. The van der Waals surface area contributed by atoms with Crippen LogP contribution in [0.3, 0.4) is 0 Å². The van der Waals surface area contributed by atoms with E-state index in [1.807, 2.05) is 0 Å². The summed E-state index contributed by atoms with van der Waals surface area (Å²) in [5, 5.41) is 14.1. The Morgan fingerprint density at radius 3 is 2.79 bits per heavy atom. The summed E-state index contributed by atoms with van der Waals surface area (Å²) in [4.78, 5) is 38.6. The van der Waals surface area contributed by atoms with Gasteiger partial charge in [0.05, 0.1) is 33.7 Å². The first-order valence-corrected chi connectivity index (χ1v) is 12.8. The molecule has 2 atom stereocenters. The van der Waals surface area contributed by atoms with Crippen molar-refractivity contribution < 1.29 is 14.0 Å². The molecule has 1 aromatic carbocycles. The van der Waals surface area contributed by atoms with Crippen molar-refractivity contribution in [1.29, 1.82) is 0 Å². The molecule has 2 aliphatic rings. The fraction of sp³-hybridized carbons (Fsp3) is 0.240. The van der Waals surface area contributed by atoms with Crippen LogP contribution in [0, 0.1) is 5.82 Å². The second-order valence-corrected chi connectivity index (χ2v) is 10.1. The third kappa shape index (κ3) is 4.55. The Morgan fingerprint density at radius 2 is 2.03 bits per heavy atom. The van der Waals surface area contributed by atoms with E-state index in [1.165, 1.54) is 36.3 Å². The predicted molar refractivity (Wildman–Crippen MR) is 140 cm³/mol. The van der Waals surface area contributed by atoms with E-state index >= 15 is 4.39 Å². The summed E-state index contributed by atoms with van der Waals surface area (Å²) in [7, 11) is 0. The van der Waals surface area contributed by atoms with Crippen LogP contribution in [0.4, 0.5) is 10.2 Å². The van der Waals surface area contributed by atoms with E-state index < -0.39 is 5.82 Å². The van der Waals surface area contributed by atoms with Gasteiger partial charge in [-0.25, -0.2) is 14.4 Å². The molecule has 1 unspecified atom stereocenters. The maximum absolute atomic E-state index is 15.3. The Labute approximate surface area is 231 Å². The van der Waals surface area contributed by atoms with Crippen molar-refractivity contribution in [2.45, 2.75) is 38.3 Å². The van der Waals surface area contributed by atoms with Gasteiger partial charge in [0.25, 0.3) is 0 Å². The lowest BCUT2D eigenvalue weighted by molar-refractivity contribution is -0.129. The Morgan fingerprint density at radius 1 is 1.18 bits per heavy atom. The summed E-state index contributed by atoms with van der Waals surface area (Å²) in [5.74, 6) is -0.169. The zero-order chi connectivity index (χ0) is 27.3. The van der Waals surface area contributed by atoms with Crippen LogP contribution in [-0.2, 0) is 9.59 Å². The van der Waals surface area contributed by atoms with Gasteiger partial charge in [-0.05, 0) is 53.5 Å². The summed E-state index contributed by atoms with van der Waals surface area (Å²) in [5.41, 5.74) is 2.37. The number of benzene rings is 1. The zero-order valence-electron chi connectivity index (χ0n) is 20.4. The molecule has 0 saturated carbocycles. The molecule has 1 saturated heterocycles. The van der Waals surface area contributed by atoms with Crippen LogP contribution in [0.5, 0.6) is 0 Å². The number of carbonyl (C=O) groups is 2. The van der Waals surface area contributed by atoms with Gasteiger partial charge in [0.15, 0.2) is 5.82 Å². The number of pyridine rings is 1. The molecule has 1 fully saturated rings. The number of amides is 2. The summed E-state index contributed by atoms with van der Waals surface area (Å²) in [6.07, 6.45) is 7.69. The van der Waals surface area contributed by atoms with Crippen LogP contribution in [0.1, 0.15) is 43.6 Å². The number of imidazole rings is 1. The molecule has 11 nitrogen and oxygen atoms in total. The van der Waals surface area contributed by atoms with Gasteiger partial charge in [-0.15, -0.1) is 5.10 Å². The summed E-state index contributed by atoms with van der Waals surface area (Å²) < 4.78 is 16.7. The van der Waals surface area contributed by atoms with Crippen LogP contribution in [-0.4, -0.2) is 57.9 Å². The number of carbonyl (C=O) groups excluding carboxylic acids is 2. The standard InChI is InChI=1S/C25H20Cl2FN9O2/c1-12(38)32-21-8-15(17(27)9-29-21)18-10-30-25(33-18)20-4-2-14-6-13(7-22(39)37(14)20)23-19(36-11-31-34-35-36)5-3-16(26)24(23)28/h3,5,7-11,14,20H,2,4,6H2,1H3,(H,30,33)(H,29,32,38)/t14?,20-/m0/s1. The quantitative estimate of drug-likeness (QED) is 0.365. The number of rotatable bonds is 5. The van der Waals surface area contributed by atoms with E-state index in [-0.39, 0.29) is 34.5 Å². The number of nitrogens with one attached hydrogen (secondary N) is 2.